The minimum Gasteiger partial charge on any atom is -0.319 e. The van der Waals surface area contributed by atoms with Crippen molar-refractivity contribution >= 4 is 20.0 Å². The van der Waals surface area contributed by atoms with Gasteiger partial charge in [-0.25, -0.2) is 25.9 Å². The van der Waals surface area contributed by atoms with Crippen molar-refractivity contribution in [3.05, 3.63) is 30.3 Å². The molecule has 0 saturated carbocycles. The molecule has 1 atom stereocenters. The lowest BCUT2D eigenvalue weighted by atomic mass is 10.00. The van der Waals surface area contributed by atoms with Crippen LogP contribution >= 0.6 is 0 Å². The quantitative estimate of drug-likeness (QED) is 0.678. The Morgan fingerprint density at radius 2 is 1.88 bits per heavy atom. The zero-order chi connectivity index (χ0) is 17.6. The van der Waals surface area contributed by atoms with Crippen molar-refractivity contribution in [1.29, 1.82) is 0 Å². The van der Waals surface area contributed by atoms with Gasteiger partial charge in [0.15, 0.2) is 0 Å². The first-order chi connectivity index (χ1) is 11.3. The molecular weight excluding hydrogens is 350 g/mol. The van der Waals surface area contributed by atoms with E-state index in [0.29, 0.717) is 19.0 Å². The molecule has 0 aliphatic carbocycles. The molecule has 24 heavy (non-hydrogen) atoms. The number of hydrogen-bond donors (Lipinski definition) is 2. The van der Waals surface area contributed by atoms with E-state index in [-0.39, 0.29) is 17.2 Å². The van der Waals surface area contributed by atoms with E-state index in [1.807, 2.05) is 7.05 Å². The number of benzene rings is 1. The lowest BCUT2D eigenvalue weighted by molar-refractivity contribution is 0.263. The lowest BCUT2D eigenvalue weighted by Gasteiger charge is -2.31. The largest absolute Gasteiger partial charge is 0.319 e. The summed E-state index contributed by atoms with van der Waals surface area (Å²) in [4.78, 5) is 0.134. The summed E-state index contributed by atoms with van der Waals surface area (Å²) in [7, 11) is -5.28. The topological polar surface area (TPSA) is 95.6 Å². The molecule has 1 saturated heterocycles. The van der Waals surface area contributed by atoms with Gasteiger partial charge in [0.2, 0.25) is 20.0 Å². The molecule has 2 N–H and O–H groups in total. The van der Waals surface area contributed by atoms with Crippen molar-refractivity contribution in [1.82, 2.24) is 14.3 Å². The fraction of sp³-hybridized carbons (Fsp3) is 0.600. The van der Waals surface area contributed by atoms with Crippen molar-refractivity contribution in [2.45, 2.75) is 17.7 Å². The van der Waals surface area contributed by atoms with Crippen LogP contribution in [0, 0.1) is 5.92 Å². The highest BCUT2D eigenvalue weighted by molar-refractivity contribution is 7.90. The minimum atomic E-state index is -3.68. The summed E-state index contributed by atoms with van der Waals surface area (Å²) >= 11 is 0. The van der Waals surface area contributed by atoms with Gasteiger partial charge in [-0.2, -0.15) is 0 Å². The van der Waals surface area contributed by atoms with E-state index in [2.05, 4.69) is 10.0 Å². The van der Waals surface area contributed by atoms with E-state index < -0.39 is 20.0 Å². The summed E-state index contributed by atoms with van der Waals surface area (Å²) in [6.07, 6.45) is 1.84. The van der Waals surface area contributed by atoms with Gasteiger partial charge < -0.3 is 5.32 Å². The highest BCUT2D eigenvalue weighted by Crippen LogP contribution is 2.18. The smallest absolute Gasteiger partial charge is 0.240 e. The SMILES string of the molecule is CNCC1CCCN(S(=O)(=O)CCNS(=O)(=O)c2ccccc2)C1. The van der Waals surface area contributed by atoms with Gasteiger partial charge in [-0.1, -0.05) is 18.2 Å². The van der Waals surface area contributed by atoms with Crippen molar-refractivity contribution in [3.63, 3.8) is 0 Å². The first-order valence-corrected chi connectivity index (χ1v) is 11.1. The van der Waals surface area contributed by atoms with Crippen LogP contribution in [0.2, 0.25) is 0 Å². The molecule has 1 aliphatic heterocycles. The third-order valence-electron chi connectivity index (χ3n) is 4.07. The van der Waals surface area contributed by atoms with Gasteiger partial charge in [0.25, 0.3) is 0 Å². The molecule has 7 nitrogen and oxygen atoms in total. The summed E-state index contributed by atoms with van der Waals surface area (Å²) in [6.45, 7) is 1.65. The van der Waals surface area contributed by atoms with E-state index in [1.165, 1.54) is 16.4 Å². The van der Waals surface area contributed by atoms with E-state index >= 15 is 0 Å². The highest BCUT2D eigenvalue weighted by atomic mass is 32.2. The van der Waals surface area contributed by atoms with Crippen molar-refractivity contribution in [2.24, 2.45) is 5.92 Å². The van der Waals surface area contributed by atoms with Crippen LogP contribution in [0.5, 0.6) is 0 Å². The van der Waals surface area contributed by atoms with Crippen molar-refractivity contribution in [2.75, 3.05) is 39.0 Å². The number of sulfonamides is 2. The summed E-state index contributed by atoms with van der Waals surface area (Å²) < 4.78 is 52.9. The molecule has 0 spiro atoms. The third kappa shape index (κ3) is 5.25. The Labute approximate surface area is 144 Å². The normalized spacial score (nSPS) is 20.1. The number of rotatable bonds is 8. The first-order valence-electron chi connectivity index (χ1n) is 8.02. The Bertz CT molecular complexity index is 718. The van der Waals surface area contributed by atoms with E-state index in [0.717, 1.165) is 19.4 Å². The molecule has 2 rings (SSSR count). The van der Waals surface area contributed by atoms with E-state index in [1.54, 1.807) is 18.2 Å². The number of hydrogen-bond acceptors (Lipinski definition) is 5. The predicted molar refractivity (Wildman–Crippen MR) is 93.6 cm³/mol. The van der Waals surface area contributed by atoms with Gasteiger partial charge in [-0.3, -0.25) is 0 Å². The van der Waals surface area contributed by atoms with Crippen LogP contribution in [0.3, 0.4) is 0 Å². The maximum absolute atomic E-state index is 12.4. The minimum absolute atomic E-state index is 0.132. The van der Waals surface area contributed by atoms with Crippen LogP contribution in [-0.4, -0.2) is 60.1 Å². The van der Waals surface area contributed by atoms with Crippen LogP contribution in [0.25, 0.3) is 0 Å². The van der Waals surface area contributed by atoms with Gasteiger partial charge in [0, 0.05) is 19.6 Å². The van der Waals surface area contributed by atoms with Crippen LogP contribution in [0.15, 0.2) is 35.2 Å². The van der Waals surface area contributed by atoms with Gasteiger partial charge in [0.1, 0.15) is 0 Å². The molecule has 1 heterocycles. The van der Waals surface area contributed by atoms with E-state index in [9.17, 15) is 16.8 Å². The van der Waals surface area contributed by atoms with Gasteiger partial charge in [0.05, 0.1) is 10.6 Å². The van der Waals surface area contributed by atoms with Gasteiger partial charge >= 0.3 is 0 Å². The molecule has 1 aromatic rings. The second kappa shape index (κ2) is 8.39. The summed E-state index contributed by atoms with van der Waals surface area (Å²) in [5.74, 6) is 0.0743. The van der Waals surface area contributed by atoms with Crippen molar-refractivity contribution < 1.29 is 16.8 Å². The molecular formula is C15H25N3O4S2. The molecule has 1 unspecified atom stereocenters. The molecule has 0 radical (unpaired) electrons. The molecule has 9 heteroatoms. The Morgan fingerprint density at radius 1 is 1.17 bits per heavy atom. The average molecular weight is 376 g/mol. The highest BCUT2D eigenvalue weighted by Gasteiger charge is 2.28. The number of nitrogens with one attached hydrogen (secondary N) is 2. The summed E-state index contributed by atoms with van der Waals surface area (Å²) in [5.41, 5.74) is 0. The number of piperidine rings is 1. The Balaban J connectivity index is 1.91. The van der Waals surface area contributed by atoms with Crippen LogP contribution < -0.4 is 10.0 Å². The van der Waals surface area contributed by atoms with Crippen LogP contribution in [-0.2, 0) is 20.0 Å². The third-order valence-corrected chi connectivity index (χ3v) is 7.39. The molecule has 0 aromatic heterocycles. The Hall–Kier alpha value is -1.00. The maximum atomic E-state index is 12.4. The standard InChI is InChI=1S/C15H25N3O4S2/c1-16-12-14-6-5-10-18(13-14)23(19,20)11-9-17-24(21,22)15-7-3-2-4-8-15/h2-4,7-8,14,16-17H,5-6,9-13H2,1H3. The van der Waals surface area contributed by atoms with Crippen LogP contribution in [0.1, 0.15) is 12.8 Å². The van der Waals surface area contributed by atoms with Gasteiger partial charge in [-0.15, -0.1) is 0 Å². The fourth-order valence-corrected chi connectivity index (χ4v) is 5.50. The molecule has 0 bridgehead atoms. The monoisotopic (exact) mass is 375 g/mol. The van der Waals surface area contributed by atoms with Crippen molar-refractivity contribution in [3.8, 4) is 0 Å². The Kier molecular flexibility index (Phi) is 6.76. The second-order valence-electron chi connectivity index (χ2n) is 5.95. The molecule has 1 aliphatic rings. The lowest BCUT2D eigenvalue weighted by Crippen LogP contribution is -2.44. The van der Waals surface area contributed by atoms with Gasteiger partial charge in [-0.05, 0) is 44.5 Å². The molecule has 1 aromatic carbocycles. The molecule has 136 valence electrons. The molecule has 1 fully saturated rings. The first kappa shape index (κ1) is 19.3. The maximum Gasteiger partial charge on any atom is 0.240 e. The average Bonchev–Trinajstić information content (AvgIpc) is 2.56. The zero-order valence-electron chi connectivity index (χ0n) is 13.8. The second-order valence-corrected chi connectivity index (χ2v) is 9.81. The predicted octanol–water partition coefficient (Wildman–Crippen LogP) is 0.226. The molecule has 0 amide bonds. The summed E-state index contributed by atoms with van der Waals surface area (Å²) in [6, 6.07) is 7.93. The Morgan fingerprint density at radius 3 is 2.54 bits per heavy atom. The summed E-state index contributed by atoms with van der Waals surface area (Å²) in [5, 5.41) is 3.08. The van der Waals surface area contributed by atoms with Crippen LogP contribution in [0.4, 0.5) is 0 Å². The zero-order valence-corrected chi connectivity index (χ0v) is 15.4. The fourth-order valence-electron chi connectivity index (χ4n) is 2.85. The number of nitrogens with zero attached hydrogens (tertiary/aromatic N) is 1. The van der Waals surface area contributed by atoms with E-state index in [4.69, 9.17) is 0 Å².